The number of hydrogen-bond acceptors (Lipinski definition) is 5. The average molecular weight is 475 g/mol. The van der Waals surface area contributed by atoms with Gasteiger partial charge in [0.05, 0.1) is 31.8 Å². The number of benzene rings is 2. The summed E-state index contributed by atoms with van der Waals surface area (Å²) in [5.41, 5.74) is 6.57. The van der Waals surface area contributed by atoms with Crippen LogP contribution in [0, 0.1) is 0 Å². The SMILES string of the molecule is NC(=O)c1ccccc1N1C(=O)/C(=C\c2ccc(-c3c(Cl)cccc3Cl)o2)SC1=S. The standard InChI is InChI=1S/C21H12Cl2N2O3S2/c22-13-5-3-6-14(23)18(13)16-9-8-11(28-16)10-17-20(27)25(21(29)30-17)15-7-2-1-4-12(15)19(24)26/h1-10H,(H2,24,26)/b17-10+. The van der Waals surface area contributed by atoms with Crippen LogP contribution in [0.1, 0.15) is 16.1 Å². The van der Waals surface area contributed by atoms with Crippen molar-refractivity contribution in [2.45, 2.75) is 0 Å². The van der Waals surface area contributed by atoms with Crippen LogP contribution in [0.15, 0.2) is 63.9 Å². The van der Waals surface area contributed by atoms with Crippen molar-refractivity contribution in [1.29, 1.82) is 0 Å². The van der Waals surface area contributed by atoms with Gasteiger partial charge in [-0.25, -0.2) is 0 Å². The second-order valence-corrected chi connectivity index (χ2v) is 8.69. The Hall–Kier alpha value is -2.58. The predicted octanol–water partition coefficient (Wildman–Crippen LogP) is 5.76. The van der Waals surface area contributed by atoms with E-state index >= 15 is 0 Å². The maximum atomic E-state index is 13.0. The molecule has 2 heterocycles. The molecule has 0 atom stereocenters. The summed E-state index contributed by atoms with van der Waals surface area (Å²) >= 11 is 18.9. The lowest BCUT2D eigenvalue weighted by molar-refractivity contribution is -0.113. The predicted molar refractivity (Wildman–Crippen MR) is 125 cm³/mol. The van der Waals surface area contributed by atoms with Gasteiger partial charge in [-0.1, -0.05) is 65.4 Å². The van der Waals surface area contributed by atoms with Gasteiger partial charge in [0.25, 0.3) is 11.8 Å². The van der Waals surface area contributed by atoms with Crippen LogP contribution in [0.25, 0.3) is 17.4 Å². The third-order valence-corrected chi connectivity index (χ3v) is 6.25. The summed E-state index contributed by atoms with van der Waals surface area (Å²) in [6, 6.07) is 15.1. The lowest BCUT2D eigenvalue weighted by Crippen LogP contribution is -2.30. The number of halogens is 2. The number of anilines is 1. The zero-order chi connectivity index (χ0) is 21.4. The molecule has 1 fully saturated rings. The van der Waals surface area contributed by atoms with Crippen LogP contribution in [-0.4, -0.2) is 16.1 Å². The van der Waals surface area contributed by atoms with Gasteiger partial charge in [-0.15, -0.1) is 0 Å². The number of primary amides is 1. The lowest BCUT2D eigenvalue weighted by Gasteiger charge is -2.17. The van der Waals surface area contributed by atoms with Crippen LogP contribution in [-0.2, 0) is 4.79 Å². The molecule has 1 aliphatic heterocycles. The summed E-state index contributed by atoms with van der Waals surface area (Å²) in [6.45, 7) is 0. The molecule has 2 aromatic carbocycles. The highest BCUT2D eigenvalue weighted by molar-refractivity contribution is 8.27. The van der Waals surface area contributed by atoms with Gasteiger partial charge in [0.15, 0.2) is 4.32 Å². The number of thioether (sulfide) groups is 1. The molecule has 2 N–H and O–H groups in total. The molecule has 0 saturated carbocycles. The molecule has 1 aliphatic rings. The van der Waals surface area contributed by atoms with E-state index in [4.69, 9.17) is 45.6 Å². The Morgan fingerprint density at radius 1 is 1.07 bits per heavy atom. The van der Waals surface area contributed by atoms with Gasteiger partial charge < -0.3 is 10.2 Å². The molecular weight excluding hydrogens is 463 g/mol. The van der Waals surface area contributed by atoms with Crippen molar-refractivity contribution in [3.05, 3.63) is 80.9 Å². The molecule has 2 amide bonds. The fourth-order valence-corrected chi connectivity index (χ4v) is 4.83. The smallest absolute Gasteiger partial charge is 0.270 e. The fraction of sp³-hybridized carbons (Fsp3) is 0. The second-order valence-electron chi connectivity index (χ2n) is 6.20. The normalized spacial score (nSPS) is 15.3. The van der Waals surface area contributed by atoms with Crippen LogP contribution < -0.4 is 10.6 Å². The first-order valence-electron chi connectivity index (χ1n) is 8.58. The Morgan fingerprint density at radius 3 is 2.47 bits per heavy atom. The second kappa shape index (κ2) is 8.28. The minimum absolute atomic E-state index is 0.212. The molecule has 0 aliphatic carbocycles. The van der Waals surface area contributed by atoms with Crippen molar-refractivity contribution in [3.63, 3.8) is 0 Å². The molecule has 150 valence electrons. The van der Waals surface area contributed by atoms with E-state index in [9.17, 15) is 9.59 Å². The first-order chi connectivity index (χ1) is 14.4. The summed E-state index contributed by atoms with van der Waals surface area (Å²) < 4.78 is 6.13. The van der Waals surface area contributed by atoms with Crippen molar-refractivity contribution in [2.75, 3.05) is 4.90 Å². The minimum atomic E-state index is -0.643. The van der Waals surface area contributed by atoms with E-state index in [1.54, 1.807) is 60.7 Å². The van der Waals surface area contributed by atoms with Gasteiger partial charge in [-0.2, -0.15) is 0 Å². The highest BCUT2D eigenvalue weighted by Crippen LogP contribution is 2.39. The Balaban J connectivity index is 1.67. The van der Waals surface area contributed by atoms with E-state index in [0.29, 0.717) is 42.0 Å². The molecule has 3 aromatic rings. The molecule has 1 aromatic heterocycles. The number of furan rings is 1. The number of carbonyl (C=O) groups is 2. The van der Waals surface area contributed by atoms with E-state index in [0.717, 1.165) is 11.8 Å². The van der Waals surface area contributed by atoms with Crippen molar-refractivity contribution >= 4 is 75.1 Å². The molecule has 0 radical (unpaired) electrons. The summed E-state index contributed by atoms with van der Waals surface area (Å²) in [7, 11) is 0. The van der Waals surface area contributed by atoms with E-state index in [1.807, 2.05) is 0 Å². The first kappa shape index (κ1) is 20.7. The van der Waals surface area contributed by atoms with E-state index in [-0.39, 0.29) is 11.5 Å². The molecular formula is C21H12Cl2N2O3S2. The van der Waals surface area contributed by atoms with Gasteiger partial charge in [0.1, 0.15) is 11.5 Å². The Kier molecular flexibility index (Phi) is 5.71. The highest BCUT2D eigenvalue weighted by Gasteiger charge is 2.35. The molecule has 1 saturated heterocycles. The number of amides is 2. The van der Waals surface area contributed by atoms with Crippen LogP contribution in [0.4, 0.5) is 5.69 Å². The summed E-state index contributed by atoms with van der Waals surface area (Å²) in [4.78, 5) is 26.4. The van der Waals surface area contributed by atoms with Gasteiger partial charge in [0.2, 0.25) is 0 Å². The van der Waals surface area contributed by atoms with Crippen LogP contribution >= 0.6 is 47.2 Å². The molecule has 0 spiro atoms. The van der Waals surface area contributed by atoms with Gasteiger partial charge in [0, 0.05) is 6.08 Å². The highest BCUT2D eigenvalue weighted by atomic mass is 35.5. The van der Waals surface area contributed by atoms with Gasteiger partial charge in [-0.05, 0) is 36.4 Å². The minimum Gasteiger partial charge on any atom is -0.457 e. The van der Waals surface area contributed by atoms with E-state index < -0.39 is 5.91 Å². The Morgan fingerprint density at radius 2 is 1.77 bits per heavy atom. The fourth-order valence-electron chi connectivity index (χ4n) is 2.98. The van der Waals surface area contributed by atoms with Gasteiger partial charge >= 0.3 is 0 Å². The summed E-state index contributed by atoms with van der Waals surface area (Å²) in [5.74, 6) is -0.0978. The maximum absolute atomic E-state index is 13.0. The summed E-state index contributed by atoms with van der Waals surface area (Å²) in [5, 5.41) is 0.913. The van der Waals surface area contributed by atoms with E-state index in [2.05, 4.69) is 0 Å². The lowest BCUT2D eigenvalue weighted by atomic mass is 10.1. The Bertz CT molecular complexity index is 1220. The zero-order valence-corrected chi connectivity index (χ0v) is 18.2. The molecule has 4 rings (SSSR count). The average Bonchev–Trinajstić information content (AvgIpc) is 3.26. The zero-order valence-electron chi connectivity index (χ0n) is 15.1. The van der Waals surface area contributed by atoms with Crippen molar-refractivity contribution in [1.82, 2.24) is 0 Å². The molecule has 30 heavy (non-hydrogen) atoms. The number of nitrogens with two attached hydrogens (primary N) is 1. The summed E-state index contributed by atoms with van der Waals surface area (Å²) in [6.07, 6.45) is 1.58. The third-order valence-electron chi connectivity index (χ3n) is 4.31. The van der Waals surface area contributed by atoms with Crippen LogP contribution in [0.2, 0.25) is 10.0 Å². The number of rotatable bonds is 4. The molecule has 5 nitrogen and oxygen atoms in total. The molecule has 0 bridgehead atoms. The largest absolute Gasteiger partial charge is 0.457 e. The number of nitrogens with zero attached hydrogens (tertiary/aromatic N) is 1. The monoisotopic (exact) mass is 474 g/mol. The number of carbonyl (C=O) groups excluding carboxylic acids is 2. The van der Waals surface area contributed by atoms with Crippen LogP contribution in [0.3, 0.4) is 0 Å². The number of thiocarbonyl (C=S) groups is 1. The molecule has 0 unspecified atom stereocenters. The van der Waals surface area contributed by atoms with Crippen molar-refractivity contribution in [3.8, 4) is 11.3 Å². The molecule has 9 heteroatoms. The van der Waals surface area contributed by atoms with Crippen molar-refractivity contribution in [2.24, 2.45) is 5.73 Å². The Labute approximate surface area is 191 Å². The topological polar surface area (TPSA) is 76.5 Å². The number of para-hydroxylation sites is 1. The van der Waals surface area contributed by atoms with Crippen LogP contribution in [0.5, 0.6) is 0 Å². The van der Waals surface area contributed by atoms with E-state index in [1.165, 1.54) is 4.90 Å². The quantitative estimate of drug-likeness (QED) is 0.384. The van der Waals surface area contributed by atoms with Gasteiger partial charge in [-0.3, -0.25) is 14.5 Å². The number of hydrogen-bond donors (Lipinski definition) is 1. The van der Waals surface area contributed by atoms with Crippen molar-refractivity contribution < 1.29 is 14.0 Å². The maximum Gasteiger partial charge on any atom is 0.270 e. The third kappa shape index (κ3) is 3.77. The first-order valence-corrected chi connectivity index (χ1v) is 10.6.